The first-order valence-electron chi connectivity index (χ1n) is 13.1. The Morgan fingerprint density at radius 2 is 1.84 bits per heavy atom. The van der Waals surface area contributed by atoms with Gasteiger partial charge >= 0.3 is 5.97 Å². The molecule has 0 radical (unpaired) electrons. The number of amides is 2. The van der Waals surface area contributed by atoms with E-state index in [1.165, 1.54) is 7.11 Å². The maximum absolute atomic E-state index is 13.4. The highest BCUT2D eigenvalue weighted by atomic mass is 16.5. The SMILES string of the molecule is C=CCCCC(=O)OC(c1ccccc1)C(COC)NC(=O)C(CC=C)CC(=O)NC1(CO)CCCC1. The molecule has 2 amide bonds. The van der Waals surface area contributed by atoms with Gasteiger partial charge in [0.25, 0.3) is 0 Å². The van der Waals surface area contributed by atoms with Crippen molar-refractivity contribution in [1.82, 2.24) is 10.6 Å². The van der Waals surface area contributed by atoms with Crippen molar-refractivity contribution in [2.75, 3.05) is 20.3 Å². The molecule has 1 fully saturated rings. The first kappa shape index (κ1) is 30.3. The second-order valence-electron chi connectivity index (χ2n) is 9.69. The molecule has 0 heterocycles. The lowest BCUT2D eigenvalue weighted by atomic mass is 9.95. The quantitative estimate of drug-likeness (QED) is 0.166. The van der Waals surface area contributed by atoms with Gasteiger partial charge in [-0.1, -0.05) is 55.3 Å². The van der Waals surface area contributed by atoms with Crippen LogP contribution in [0.4, 0.5) is 0 Å². The fourth-order valence-corrected chi connectivity index (χ4v) is 4.73. The third-order valence-corrected chi connectivity index (χ3v) is 6.74. The maximum Gasteiger partial charge on any atom is 0.306 e. The van der Waals surface area contributed by atoms with Crippen LogP contribution in [-0.4, -0.2) is 54.8 Å². The number of hydrogen-bond acceptors (Lipinski definition) is 6. The average molecular weight is 515 g/mol. The largest absolute Gasteiger partial charge is 0.455 e. The Labute approximate surface area is 220 Å². The molecule has 0 bridgehead atoms. The third kappa shape index (κ3) is 9.78. The number of aliphatic hydroxyl groups excluding tert-OH is 1. The number of esters is 1. The van der Waals surface area contributed by atoms with Gasteiger partial charge in [0.2, 0.25) is 11.8 Å². The summed E-state index contributed by atoms with van der Waals surface area (Å²) in [5, 5.41) is 15.8. The van der Waals surface area contributed by atoms with Crippen molar-refractivity contribution in [2.45, 2.75) is 75.5 Å². The number of unbranched alkanes of at least 4 members (excludes halogenated alkanes) is 1. The van der Waals surface area contributed by atoms with Crippen LogP contribution in [0.1, 0.15) is 69.5 Å². The fourth-order valence-electron chi connectivity index (χ4n) is 4.73. The van der Waals surface area contributed by atoms with Crippen molar-refractivity contribution in [3.63, 3.8) is 0 Å². The van der Waals surface area contributed by atoms with E-state index in [9.17, 15) is 19.5 Å². The van der Waals surface area contributed by atoms with Crippen LogP contribution in [0, 0.1) is 5.92 Å². The number of allylic oxidation sites excluding steroid dienone is 2. The van der Waals surface area contributed by atoms with Crippen LogP contribution in [0.25, 0.3) is 0 Å². The Morgan fingerprint density at radius 1 is 1.14 bits per heavy atom. The average Bonchev–Trinajstić information content (AvgIpc) is 3.36. The van der Waals surface area contributed by atoms with E-state index >= 15 is 0 Å². The zero-order valence-electron chi connectivity index (χ0n) is 22.0. The van der Waals surface area contributed by atoms with Crippen LogP contribution in [0.3, 0.4) is 0 Å². The van der Waals surface area contributed by atoms with Crippen molar-refractivity contribution in [1.29, 1.82) is 0 Å². The molecule has 204 valence electrons. The molecule has 8 nitrogen and oxygen atoms in total. The van der Waals surface area contributed by atoms with Crippen LogP contribution < -0.4 is 10.6 Å². The Bertz CT molecular complexity index is 882. The molecule has 1 aromatic rings. The number of hydrogen-bond donors (Lipinski definition) is 3. The van der Waals surface area contributed by atoms with E-state index in [1.54, 1.807) is 12.2 Å². The van der Waals surface area contributed by atoms with E-state index in [-0.39, 0.29) is 43.8 Å². The van der Waals surface area contributed by atoms with Crippen LogP contribution in [0.2, 0.25) is 0 Å². The van der Waals surface area contributed by atoms with Gasteiger partial charge in [0.15, 0.2) is 0 Å². The summed E-state index contributed by atoms with van der Waals surface area (Å²) < 4.78 is 11.2. The third-order valence-electron chi connectivity index (χ3n) is 6.74. The van der Waals surface area contributed by atoms with Gasteiger partial charge in [-0.25, -0.2) is 0 Å². The molecule has 8 heteroatoms. The van der Waals surface area contributed by atoms with Crippen molar-refractivity contribution >= 4 is 17.8 Å². The Hall–Kier alpha value is -2.97. The predicted octanol–water partition coefficient (Wildman–Crippen LogP) is 3.76. The molecule has 3 unspecified atom stereocenters. The van der Waals surface area contributed by atoms with Crippen molar-refractivity contribution in [3.05, 3.63) is 61.2 Å². The van der Waals surface area contributed by atoms with E-state index in [1.807, 2.05) is 30.3 Å². The lowest BCUT2D eigenvalue weighted by Crippen LogP contribution is -2.51. The van der Waals surface area contributed by atoms with Gasteiger partial charge in [0, 0.05) is 20.0 Å². The van der Waals surface area contributed by atoms with E-state index in [4.69, 9.17) is 9.47 Å². The van der Waals surface area contributed by atoms with E-state index < -0.39 is 23.6 Å². The minimum absolute atomic E-state index is 0.0450. The Balaban J connectivity index is 2.16. The first-order chi connectivity index (χ1) is 17.9. The number of methoxy groups -OCH3 is 1. The van der Waals surface area contributed by atoms with Gasteiger partial charge in [-0.3, -0.25) is 14.4 Å². The number of carbonyl (C=O) groups is 3. The fraction of sp³-hybridized carbons (Fsp3) is 0.552. The van der Waals surface area contributed by atoms with Gasteiger partial charge in [0.05, 0.1) is 30.7 Å². The number of ether oxygens (including phenoxy) is 2. The minimum Gasteiger partial charge on any atom is -0.455 e. The number of carbonyl (C=O) groups excluding carboxylic acids is 3. The van der Waals surface area contributed by atoms with Gasteiger partial charge in [-0.05, 0) is 37.7 Å². The number of nitrogens with one attached hydrogen (secondary N) is 2. The number of benzene rings is 1. The standard InChI is InChI=1S/C29H42N2O6/c1-4-6-8-16-26(34)37-27(22-14-9-7-10-15-22)24(20-36-3)30-28(35)23(13-5-2)19-25(33)31-29(21-32)17-11-12-18-29/h4-5,7,9-10,14-15,23-24,27,32H,1-2,6,8,11-13,16-21H2,3H3,(H,30,35)(H,31,33). The van der Waals surface area contributed by atoms with Crippen molar-refractivity contribution in [2.24, 2.45) is 5.92 Å². The summed E-state index contributed by atoms with van der Waals surface area (Å²) in [7, 11) is 1.51. The maximum atomic E-state index is 13.4. The highest BCUT2D eigenvalue weighted by Crippen LogP contribution is 2.29. The molecule has 1 aliphatic carbocycles. The van der Waals surface area contributed by atoms with Crippen molar-refractivity contribution in [3.8, 4) is 0 Å². The molecule has 0 spiro atoms. The summed E-state index contributed by atoms with van der Waals surface area (Å²) in [6.45, 7) is 7.40. The van der Waals surface area contributed by atoms with E-state index in [2.05, 4.69) is 23.8 Å². The van der Waals surface area contributed by atoms with Crippen molar-refractivity contribution < 1.29 is 29.0 Å². The molecule has 3 N–H and O–H groups in total. The molecular weight excluding hydrogens is 472 g/mol. The highest BCUT2D eigenvalue weighted by Gasteiger charge is 2.36. The van der Waals surface area contributed by atoms with Gasteiger partial charge < -0.3 is 25.2 Å². The number of aliphatic hydroxyl groups is 1. The molecule has 1 aliphatic rings. The lowest BCUT2D eigenvalue weighted by Gasteiger charge is -2.30. The van der Waals surface area contributed by atoms with Gasteiger partial charge in [0.1, 0.15) is 6.10 Å². The zero-order valence-corrected chi connectivity index (χ0v) is 22.0. The molecule has 0 saturated heterocycles. The number of rotatable bonds is 17. The van der Waals surface area contributed by atoms with Gasteiger partial charge in [-0.15, -0.1) is 13.2 Å². The summed E-state index contributed by atoms with van der Waals surface area (Å²) in [4.78, 5) is 38.8. The molecule has 0 aliphatic heterocycles. The summed E-state index contributed by atoms with van der Waals surface area (Å²) >= 11 is 0. The summed E-state index contributed by atoms with van der Waals surface area (Å²) in [5.74, 6) is -1.69. The monoisotopic (exact) mass is 514 g/mol. The second-order valence-corrected chi connectivity index (χ2v) is 9.69. The van der Waals surface area contributed by atoms with E-state index in [0.29, 0.717) is 19.3 Å². The molecule has 1 aromatic carbocycles. The summed E-state index contributed by atoms with van der Waals surface area (Å²) in [6.07, 6.45) is 7.73. The van der Waals surface area contributed by atoms with Crippen LogP contribution in [0.15, 0.2) is 55.6 Å². The predicted molar refractivity (Wildman–Crippen MR) is 142 cm³/mol. The summed E-state index contributed by atoms with van der Waals surface area (Å²) in [5.41, 5.74) is 0.120. The molecule has 0 aromatic heterocycles. The molecular formula is C29H42N2O6. The van der Waals surface area contributed by atoms with E-state index in [0.717, 1.165) is 31.2 Å². The molecule has 37 heavy (non-hydrogen) atoms. The lowest BCUT2D eigenvalue weighted by molar-refractivity contribution is -0.153. The minimum atomic E-state index is -0.768. The Morgan fingerprint density at radius 3 is 2.43 bits per heavy atom. The first-order valence-corrected chi connectivity index (χ1v) is 13.1. The zero-order chi connectivity index (χ0) is 27.1. The van der Waals surface area contributed by atoms with Crippen LogP contribution in [-0.2, 0) is 23.9 Å². The normalized spacial score (nSPS) is 16.7. The topological polar surface area (TPSA) is 114 Å². The Kier molecular flexibility index (Phi) is 13.1. The summed E-state index contributed by atoms with van der Waals surface area (Å²) in [6, 6.07) is 8.53. The molecule has 1 saturated carbocycles. The van der Waals surface area contributed by atoms with Crippen LogP contribution >= 0.6 is 0 Å². The molecule has 2 rings (SSSR count). The van der Waals surface area contributed by atoms with Gasteiger partial charge in [-0.2, -0.15) is 0 Å². The second kappa shape index (κ2) is 16.0. The molecule has 3 atom stereocenters. The smallest absolute Gasteiger partial charge is 0.306 e. The highest BCUT2D eigenvalue weighted by molar-refractivity contribution is 5.86. The van der Waals surface area contributed by atoms with Crippen LogP contribution in [0.5, 0.6) is 0 Å².